The van der Waals surface area contributed by atoms with Crippen LogP contribution in [0, 0.1) is 5.92 Å². The van der Waals surface area contributed by atoms with Gasteiger partial charge in [0, 0.05) is 12.6 Å². The number of aromatic nitrogens is 2. The summed E-state index contributed by atoms with van der Waals surface area (Å²) < 4.78 is 6.10. The minimum absolute atomic E-state index is 0.583. The second-order valence-corrected chi connectivity index (χ2v) is 6.70. The molecule has 1 heterocycles. The smallest absolute Gasteiger partial charge is 0.232 e. The van der Waals surface area contributed by atoms with E-state index in [1.54, 1.807) is 13.3 Å². The van der Waals surface area contributed by atoms with Crippen LogP contribution in [0.5, 0.6) is 5.88 Å². The van der Waals surface area contributed by atoms with Gasteiger partial charge in [0.2, 0.25) is 11.8 Å². The van der Waals surface area contributed by atoms with Gasteiger partial charge in [0.15, 0.2) is 0 Å². The van der Waals surface area contributed by atoms with Gasteiger partial charge in [-0.15, -0.1) is 0 Å². The molecule has 1 saturated carbocycles. The number of nitrogens with zero attached hydrogens (tertiary/aromatic N) is 3. The highest BCUT2D eigenvalue weighted by atomic mass is 79.9. The predicted octanol–water partition coefficient (Wildman–Crippen LogP) is 4.04. The van der Waals surface area contributed by atoms with Crippen molar-refractivity contribution >= 4 is 21.9 Å². The molecule has 1 aromatic rings. The lowest BCUT2D eigenvalue weighted by Crippen LogP contribution is -2.36. The Labute approximate surface area is 130 Å². The second kappa shape index (κ2) is 7.25. The molecule has 20 heavy (non-hydrogen) atoms. The van der Waals surface area contributed by atoms with Crippen LogP contribution in [-0.2, 0) is 0 Å². The Morgan fingerprint density at radius 2 is 2.10 bits per heavy atom. The number of anilines is 1. The summed E-state index contributed by atoms with van der Waals surface area (Å²) in [6.45, 7) is 5.54. The van der Waals surface area contributed by atoms with Gasteiger partial charge in [-0.25, -0.2) is 4.98 Å². The van der Waals surface area contributed by atoms with Gasteiger partial charge in [-0.05, 0) is 41.1 Å². The van der Waals surface area contributed by atoms with Gasteiger partial charge in [-0.3, -0.25) is 0 Å². The molecule has 2 rings (SSSR count). The molecule has 0 saturated heterocycles. The van der Waals surface area contributed by atoms with Crippen LogP contribution < -0.4 is 9.64 Å². The monoisotopic (exact) mass is 341 g/mol. The summed E-state index contributed by atoms with van der Waals surface area (Å²) in [5.74, 6) is 2.11. The van der Waals surface area contributed by atoms with E-state index >= 15 is 0 Å². The van der Waals surface area contributed by atoms with Crippen molar-refractivity contribution in [2.75, 3.05) is 18.6 Å². The van der Waals surface area contributed by atoms with E-state index in [2.05, 4.69) is 44.6 Å². The number of hydrogen-bond acceptors (Lipinski definition) is 4. The van der Waals surface area contributed by atoms with Crippen LogP contribution in [0.3, 0.4) is 0 Å². The second-order valence-electron chi connectivity index (χ2n) is 5.84. The molecule has 0 aliphatic heterocycles. The van der Waals surface area contributed by atoms with E-state index < -0.39 is 0 Å². The summed E-state index contributed by atoms with van der Waals surface area (Å²) in [6, 6.07) is 0.583. The van der Waals surface area contributed by atoms with Gasteiger partial charge < -0.3 is 9.64 Å². The highest BCUT2D eigenvalue weighted by Gasteiger charge is 2.25. The predicted molar refractivity (Wildman–Crippen MR) is 85.3 cm³/mol. The molecule has 1 aliphatic rings. The van der Waals surface area contributed by atoms with Crippen LogP contribution >= 0.6 is 15.9 Å². The zero-order valence-electron chi connectivity index (χ0n) is 12.6. The lowest BCUT2D eigenvalue weighted by molar-refractivity contribution is 0.392. The first-order valence-corrected chi connectivity index (χ1v) is 8.24. The van der Waals surface area contributed by atoms with E-state index in [9.17, 15) is 0 Å². The fourth-order valence-electron chi connectivity index (χ4n) is 2.68. The third kappa shape index (κ3) is 3.84. The topological polar surface area (TPSA) is 38.2 Å². The van der Waals surface area contributed by atoms with E-state index in [0.29, 0.717) is 17.8 Å². The highest BCUT2D eigenvalue weighted by molar-refractivity contribution is 9.10. The average Bonchev–Trinajstić information content (AvgIpc) is 2.94. The Morgan fingerprint density at radius 1 is 1.40 bits per heavy atom. The number of hydrogen-bond donors (Lipinski definition) is 0. The molecular formula is C15H24BrN3O. The SMILES string of the molecule is COc1nc(N(CCC(C)C)C2CCCC2)ncc1Br. The number of rotatable bonds is 6. The first-order chi connectivity index (χ1) is 9.61. The minimum atomic E-state index is 0.583. The molecule has 0 atom stereocenters. The van der Waals surface area contributed by atoms with Crippen LogP contribution in [0.2, 0.25) is 0 Å². The van der Waals surface area contributed by atoms with Gasteiger partial charge in [-0.2, -0.15) is 4.98 Å². The van der Waals surface area contributed by atoms with E-state index in [0.717, 1.165) is 23.4 Å². The van der Waals surface area contributed by atoms with Gasteiger partial charge in [0.25, 0.3) is 0 Å². The van der Waals surface area contributed by atoms with Crippen LogP contribution in [0.15, 0.2) is 10.7 Å². The molecule has 0 spiro atoms. The van der Waals surface area contributed by atoms with Crippen molar-refractivity contribution in [2.45, 2.75) is 52.0 Å². The van der Waals surface area contributed by atoms with Crippen LogP contribution in [0.4, 0.5) is 5.95 Å². The molecule has 112 valence electrons. The van der Waals surface area contributed by atoms with Crippen molar-refractivity contribution in [2.24, 2.45) is 5.92 Å². The average molecular weight is 342 g/mol. The highest BCUT2D eigenvalue weighted by Crippen LogP contribution is 2.29. The Kier molecular flexibility index (Phi) is 5.64. The van der Waals surface area contributed by atoms with Crippen molar-refractivity contribution < 1.29 is 4.74 Å². The zero-order valence-corrected chi connectivity index (χ0v) is 14.2. The first kappa shape index (κ1) is 15.5. The molecule has 0 amide bonds. The quantitative estimate of drug-likeness (QED) is 0.782. The molecule has 0 bridgehead atoms. The molecule has 0 N–H and O–H groups in total. The third-order valence-corrected chi connectivity index (χ3v) is 4.41. The maximum absolute atomic E-state index is 5.30. The Hall–Kier alpha value is -0.840. The Balaban J connectivity index is 2.20. The molecule has 4 nitrogen and oxygen atoms in total. The zero-order chi connectivity index (χ0) is 14.5. The van der Waals surface area contributed by atoms with Gasteiger partial charge >= 0.3 is 0 Å². The van der Waals surface area contributed by atoms with Crippen LogP contribution in [0.1, 0.15) is 46.0 Å². The number of halogens is 1. The minimum Gasteiger partial charge on any atom is -0.480 e. The molecule has 0 unspecified atom stereocenters. The number of ether oxygens (including phenoxy) is 1. The first-order valence-electron chi connectivity index (χ1n) is 7.45. The largest absolute Gasteiger partial charge is 0.480 e. The molecule has 1 fully saturated rings. The Bertz CT molecular complexity index is 433. The van der Waals surface area contributed by atoms with Crippen LogP contribution in [-0.4, -0.2) is 29.7 Å². The summed E-state index contributed by atoms with van der Waals surface area (Å²) in [5, 5.41) is 0. The molecule has 5 heteroatoms. The molecule has 1 aromatic heterocycles. The molecule has 0 aromatic carbocycles. The summed E-state index contributed by atoms with van der Waals surface area (Å²) in [7, 11) is 1.64. The van der Waals surface area contributed by atoms with Crippen molar-refractivity contribution in [3.05, 3.63) is 10.7 Å². The van der Waals surface area contributed by atoms with E-state index in [4.69, 9.17) is 4.74 Å². The van der Waals surface area contributed by atoms with Gasteiger partial charge in [0.05, 0.1) is 17.8 Å². The van der Waals surface area contributed by atoms with Crippen LogP contribution in [0.25, 0.3) is 0 Å². The van der Waals surface area contributed by atoms with Crippen molar-refractivity contribution in [3.8, 4) is 5.88 Å². The molecular weight excluding hydrogens is 318 g/mol. The standard InChI is InChI=1S/C15H24BrN3O/c1-11(2)8-9-19(12-6-4-5-7-12)15-17-10-13(16)14(18-15)20-3/h10-12H,4-9H2,1-3H3. The van der Waals surface area contributed by atoms with Gasteiger partial charge in [0.1, 0.15) is 0 Å². The lowest BCUT2D eigenvalue weighted by atomic mass is 10.1. The van der Waals surface area contributed by atoms with E-state index in [-0.39, 0.29) is 0 Å². The summed E-state index contributed by atoms with van der Waals surface area (Å²) in [5.41, 5.74) is 0. The summed E-state index contributed by atoms with van der Waals surface area (Å²) >= 11 is 3.42. The summed E-state index contributed by atoms with van der Waals surface area (Å²) in [6.07, 6.45) is 8.09. The van der Waals surface area contributed by atoms with E-state index in [1.165, 1.54) is 25.7 Å². The molecule has 1 aliphatic carbocycles. The maximum Gasteiger partial charge on any atom is 0.232 e. The fraction of sp³-hybridized carbons (Fsp3) is 0.733. The normalized spacial score (nSPS) is 15.8. The van der Waals surface area contributed by atoms with E-state index in [1.807, 2.05) is 0 Å². The molecule has 0 radical (unpaired) electrons. The maximum atomic E-state index is 5.30. The van der Waals surface area contributed by atoms with Gasteiger partial charge in [-0.1, -0.05) is 26.7 Å². The van der Waals surface area contributed by atoms with Crippen molar-refractivity contribution in [1.82, 2.24) is 9.97 Å². The van der Waals surface area contributed by atoms with Crippen molar-refractivity contribution in [1.29, 1.82) is 0 Å². The van der Waals surface area contributed by atoms with Crippen molar-refractivity contribution in [3.63, 3.8) is 0 Å². The summed E-state index contributed by atoms with van der Waals surface area (Å²) in [4.78, 5) is 11.4. The Morgan fingerprint density at radius 3 is 2.70 bits per heavy atom. The fourth-order valence-corrected chi connectivity index (χ4v) is 3.04. The lowest BCUT2D eigenvalue weighted by Gasteiger charge is -2.29. The third-order valence-electron chi connectivity index (χ3n) is 3.86. The number of methoxy groups -OCH3 is 1.